The predicted octanol–water partition coefficient (Wildman–Crippen LogP) is 3.27. The second-order valence-electron chi connectivity index (χ2n) is 4.09. The predicted molar refractivity (Wildman–Crippen MR) is 54.3 cm³/mol. The Kier molecular flexibility index (Phi) is 3.38. The van der Waals surface area contributed by atoms with Crippen molar-refractivity contribution in [2.75, 3.05) is 6.61 Å². The molecule has 0 aromatic heterocycles. The standard InChI is InChI=1S/C12H10F4O2/c13-10-2-1-7(12(14,15)16)5-9(10)11-6-8(17)3-4-18-11/h1-2,5,11H,3-4,6H2. The lowest BCUT2D eigenvalue weighted by atomic mass is 9.98. The molecule has 1 fully saturated rings. The summed E-state index contributed by atoms with van der Waals surface area (Å²) in [5, 5.41) is 0. The van der Waals surface area contributed by atoms with E-state index in [1.54, 1.807) is 0 Å². The summed E-state index contributed by atoms with van der Waals surface area (Å²) >= 11 is 0. The summed E-state index contributed by atoms with van der Waals surface area (Å²) in [4.78, 5) is 11.2. The van der Waals surface area contributed by atoms with Crippen molar-refractivity contribution in [3.05, 3.63) is 35.1 Å². The molecule has 1 atom stereocenters. The zero-order valence-electron chi connectivity index (χ0n) is 9.26. The van der Waals surface area contributed by atoms with E-state index in [4.69, 9.17) is 4.74 Å². The Morgan fingerprint density at radius 2 is 2.00 bits per heavy atom. The molecule has 1 unspecified atom stereocenters. The zero-order chi connectivity index (χ0) is 13.3. The maximum atomic E-state index is 13.5. The van der Waals surface area contributed by atoms with Crippen LogP contribution in [0.4, 0.5) is 17.6 Å². The average molecular weight is 262 g/mol. The number of Topliss-reactive ketones (excluding diaryl/α,β-unsaturated/α-hetero) is 1. The molecule has 6 heteroatoms. The van der Waals surface area contributed by atoms with E-state index in [9.17, 15) is 22.4 Å². The molecule has 0 aliphatic carbocycles. The molecule has 1 aromatic rings. The maximum Gasteiger partial charge on any atom is 0.416 e. The van der Waals surface area contributed by atoms with E-state index in [1.807, 2.05) is 0 Å². The minimum Gasteiger partial charge on any atom is -0.372 e. The third-order valence-corrected chi connectivity index (χ3v) is 2.78. The molecule has 1 aromatic carbocycles. The SMILES string of the molecule is O=C1CCOC(c2cc(C(F)(F)F)ccc2F)C1. The lowest BCUT2D eigenvalue weighted by Crippen LogP contribution is -2.20. The largest absolute Gasteiger partial charge is 0.416 e. The van der Waals surface area contributed by atoms with Crippen LogP contribution in [0, 0.1) is 5.82 Å². The maximum absolute atomic E-state index is 13.5. The summed E-state index contributed by atoms with van der Waals surface area (Å²) in [6.07, 6.45) is -5.33. The Bertz CT molecular complexity index is 468. The molecule has 2 rings (SSSR count). The molecular weight excluding hydrogens is 252 g/mol. The molecule has 0 saturated carbocycles. The summed E-state index contributed by atoms with van der Waals surface area (Å²) in [5.41, 5.74) is -1.15. The number of hydrogen-bond donors (Lipinski definition) is 0. The average Bonchev–Trinajstić information content (AvgIpc) is 2.28. The van der Waals surface area contributed by atoms with Crippen LogP contribution in [0.5, 0.6) is 0 Å². The van der Waals surface area contributed by atoms with Gasteiger partial charge in [0, 0.05) is 18.4 Å². The van der Waals surface area contributed by atoms with Gasteiger partial charge in [0.15, 0.2) is 0 Å². The van der Waals surface area contributed by atoms with Gasteiger partial charge in [0.2, 0.25) is 0 Å². The third-order valence-electron chi connectivity index (χ3n) is 2.78. The number of ketones is 1. The molecule has 1 aliphatic heterocycles. The van der Waals surface area contributed by atoms with Crippen molar-refractivity contribution in [1.29, 1.82) is 0 Å². The minimum atomic E-state index is -4.54. The third kappa shape index (κ3) is 2.69. The van der Waals surface area contributed by atoms with Crippen LogP contribution < -0.4 is 0 Å². The second-order valence-corrected chi connectivity index (χ2v) is 4.09. The van der Waals surface area contributed by atoms with Crippen LogP contribution in [-0.2, 0) is 15.7 Å². The lowest BCUT2D eigenvalue weighted by molar-refractivity contribution is -0.137. The van der Waals surface area contributed by atoms with Gasteiger partial charge >= 0.3 is 6.18 Å². The van der Waals surface area contributed by atoms with Crippen molar-refractivity contribution in [2.24, 2.45) is 0 Å². The molecule has 1 saturated heterocycles. The van der Waals surface area contributed by atoms with Gasteiger partial charge in [0.05, 0.1) is 18.3 Å². The quantitative estimate of drug-likeness (QED) is 0.726. The number of halogens is 4. The highest BCUT2D eigenvalue weighted by Crippen LogP contribution is 2.34. The summed E-state index contributed by atoms with van der Waals surface area (Å²) in [6.45, 7) is 0.110. The monoisotopic (exact) mass is 262 g/mol. The second kappa shape index (κ2) is 4.68. The van der Waals surface area contributed by atoms with Gasteiger partial charge in [-0.1, -0.05) is 0 Å². The van der Waals surface area contributed by atoms with Crippen LogP contribution in [0.3, 0.4) is 0 Å². The van der Waals surface area contributed by atoms with Gasteiger partial charge < -0.3 is 4.74 Å². The highest BCUT2D eigenvalue weighted by Gasteiger charge is 2.33. The fourth-order valence-electron chi connectivity index (χ4n) is 1.85. The Morgan fingerprint density at radius 1 is 1.28 bits per heavy atom. The smallest absolute Gasteiger partial charge is 0.372 e. The molecule has 0 bridgehead atoms. The molecule has 0 N–H and O–H groups in total. The molecular formula is C12H10F4O2. The highest BCUT2D eigenvalue weighted by molar-refractivity contribution is 5.79. The Hall–Kier alpha value is -1.43. The van der Waals surface area contributed by atoms with Crippen LogP contribution >= 0.6 is 0 Å². The van der Waals surface area contributed by atoms with Crippen molar-refractivity contribution >= 4 is 5.78 Å². The van der Waals surface area contributed by atoms with Gasteiger partial charge in [0.1, 0.15) is 11.6 Å². The molecule has 98 valence electrons. The topological polar surface area (TPSA) is 26.3 Å². The first-order chi connectivity index (χ1) is 8.38. The zero-order valence-corrected chi connectivity index (χ0v) is 9.26. The first-order valence-corrected chi connectivity index (χ1v) is 5.38. The fraction of sp³-hybridized carbons (Fsp3) is 0.417. The van der Waals surface area contributed by atoms with Crippen LogP contribution in [0.2, 0.25) is 0 Å². The van der Waals surface area contributed by atoms with E-state index in [1.165, 1.54) is 0 Å². The number of ether oxygens (including phenoxy) is 1. The Morgan fingerprint density at radius 3 is 2.61 bits per heavy atom. The normalized spacial score (nSPS) is 21.1. The van der Waals surface area contributed by atoms with Crippen LogP contribution in [0.25, 0.3) is 0 Å². The van der Waals surface area contributed by atoms with Crippen molar-refractivity contribution in [1.82, 2.24) is 0 Å². The van der Waals surface area contributed by atoms with Gasteiger partial charge in [0.25, 0.3) is 0 Å². The molecule has 0 amide bonds. The number of carbonyl (C=O) groups is 1. The number of rotatable bonds is 1. The number of alkyl halides is 3. The first-order valence-electron chi connectivity index (χ1n) is 5.38. The first kappa shape index (κ1) is 13.0. The minimum absolute atomic E-state index is 0.0851. The summed E-state index contributed by atoms with van der Waals surface area (Å²) in [5.74, 6) is -0.925. The molecule has 1 heterocycles. The van der Waals surface area contributed by atoms with Crippen molar-refractivity contribution < 1.29 is 27.1 Å². The Balaban J connectivity index is 2.34. The van der Waals surface area contributed by atoms with E-state index in [0.29, 0.717) is 12.1 Å². The van der Waals surface area contributed by atoms with E-state index in [-0.39, 0.29) is 30.8 Å². The van der Waals surface area contributed by atoms with Crippen LogP contribution in [0.1, 0.15) is 30.1 Å². The highest BCUT2D eigenvalue weighted by atomic mass is 19.4. The summed E-state index contributed by atoms with van der Waals surface area (Å²) in [6, 6.07) is 2.13. The van der Waals surface area contributed by atoms with Crippen LogP contribution in [0.15, 0.2) is 18.2 Å². The number of benzene rings is 1. The molecule has 0 spiro atoms. The summed E-state index contributed by atoms with van der Waals surface area (Å²) in [7, 11) is 0. The molecule has 18 heavy (non-hydrogen) atoms. The van der Waals surface area contributed by atoms with E-state index in [0.717, 1.165) is 6.07 Å². The summed E-state index contributed by atoms with van der Waals surface area (Å²) < 4.78 is 56.2. The van der Waals surface area contributed by atoms with Gasteiger partial charge in [-0.2, -0.15) is 13.2 Å². The number of carbonyl (C=O) groups excluding carboxylic acids is 1. The van der Waals surface area contributed by atoms with Crippen molar-refractivity contribution in [3.8, 4) is 0 Å². The number of hydrogen-bond acceptors (Lipinski definition) is 2. The van der Waals surface area contributed by atoms with Crippen LogP contribution in [-0.4, -0.2) is 12.4 Å². The van der Waals surface area contributed by atoms with Gasteiger partial charge in [-0.05, 0) is 18.2 Å². The van der Waals surface area contributed by atoms with Crippen molar-refractivity contribution in [3.63, 3.8) is 0 Å². The van der Waals surface area contributed by atoms with Gasteiger partial charge in [-0.15, -0.1) is 0 Å². The molecule has 1 aliphatic rings. The van der Waals surface area contributed by atoms with Gasteiger partial charge in [-0.25, -0.2) is 4.39 Å². The van der Waals surface area contributed by atoms with E-state index in [2.05, 4.69) is 0 Å². The lowest BCUT2D eigenvalue weighted by Gasteiger charge is -2.23. The molecule has 2 nitrogen and oxygen atoms in total. The Labute approximate surface area is 101 Å². The van der Waals surface area contributed by atoms with E-state index >= 15 is 0 Å². The van der Waals surface area contributed by atoms with Crippen molar-refractivity contribution in [2.45, 2.75) is 25.1 Å². The van der Waals surface area contributed by atoms with Gasteiger partial charge in [-0.3, -0.25) is 4.79 Å². The molecule has 0 radical (unpaired) electrons. The van der Waals surface area contributed by atoms with E-state index < -0.39 is 23.7 Å². The fourth-order valence-corrected chi connectivity index (χ4v) is 1.85.